The predicted octanol–water partition coefficient (Wildman–Crippen LogP) is 18.5. The Kier molecular flexibility index (Phi) is 10.1. The topological polar surface area (TPSA) is 40.8 Å². The summed E-state index contributed by atoms with van der Waals surface area (Å²) in [7, 11) is 0. The van der Waals surface area contributed by atoms with Gasteiger partial charge in [0.2, 0.25) is 0 Å². The molecule has 0 aliphatic rings. The van der Waals surface area contributed by atoms with Gasteiger partial charge in [0, 0.05) is 55.1 Å². The first kappa shape index (κ1) is 39.1. The van der Waals surface area contributed by atoms with Gasteiger partial charge in [-0.2, -0.15) is 12.1 Å². The van der Waals surface area contributed by atoms with E-state index in [2.05, 4.69) is 98.1 Å². The third-order valence-corrected chi connectivity index (χ3v) is 15.2. The van der Waals surface area contributed by atoms with Crippen LogP contribution in [0, 0.1) is 18.5 Å². The molecular weight excluding hydrogens is 1160 g/mol. The minimum atomic E-state index is -0.558. The Morgan fingerprint density at radius 3 is 1.89 bits per heavy atom. The molecule has 4 heterocycles. The largest absolute Gasteiger partial charge is 0.510 e. The Balaban J connectivity index is 0.00000832. The van der Waals surface area contributed by atoms with Gasteiger partial charge in [-0.1, -0.05) is 212 Å². The fourth-order valence-corrected chi connectivity index (χ4v) is 11.1. The molecule has 0 spiro atoms. The molecule has 9 aromatic carbocycles. The van der Waals surface area contributed by atoms with Crippen LogP contribution in [0.4, 0.5) is 0 Å². The molecular formula is C73H63N5OPt-2. The van der Waals surface area contributed by atoms with E-state index in [4.69, 9.17) is 19.3 Å². The van der Waals surface area contributed by atoms with Crippen LogP contribution in [-0.4, -0.2) is 18.7 Å². The number of para-hydroxylation sites is 6. The van der Waals surface area contributed by atoms with E-state index in [9.17, 15) is 8.22 Å². The van der Waals surface area contributed by atoms with E-state index in [1.165, 1.54) is 4.57 Å². The molecule has 0 radical (unpaired) electrons. The Morgan fingerprint density at radius 1 is 0.575 bits per heavy atom. The van der Waals surface area contributed by atoms with Gasteiger partial charge < -0.3 is 18.4 Å². The molecule has 4 aromatic heterocycles. The van der Waals surface area contributed by atoms with Crippen LogP contribution in [0.5, 0.6) is 11.5 Å². The van der Waals surface area contributed by atoms with E-state index < -0.39 is 66.5 Å². The summed E-state index contributed by atoms with van der Waals surface area (Å²) in [4.78, 5) is 4.96. The molecule has 6 nitrogen and oxygen atoms in total. The fraction of sp³-hybridized carbons (Fsp3) is 0.178. The van der Waals surface area contributed by atoms with Crippen LogP contribution in [0.3, 0.4) is 0 Å². The summed E-state index contributed by atoms with van der Waals surface area (Å²) >= 11 is 0. The molecule has 0 N–H and O–H groups in total. The minimum absolute atomic E-state index is 0. The Labute approximate surface area is 502 Å². The van der Waals surface area contributed by atoms with Crippen molar-refractivity contribution in [3.8, 4) is 56.6 Å². The zero-order valence-electron chi connectivity index (χ0n) is 58.6. The van der Waals surface area contributed by atoms with Crippen molar-refractivity contribution in [3.05, 3.63) is 241 Å². The third kappa shape index (κ3) is 9.14. The summed E-state index contributed by atoms with van der Waals surface area (Å²) in [6.07, 6.45) is 7.19. The van der Waals surface area contributed by atoms with Crippen molar-refractivity contribution in [1.29, 1.82) is 0 Å². The number of fused-ring (bicyclic) bond motifs is 7. The van der Waals surface area contributed by atoms with E-state index >= 15 is 0 Å². The van der Waals surface area contributed by atoms with Crippen molar-refractivity contribution >= 4 is 54.6 Å². The van der Waals surface area contributed by atoms with Gasteiger partial charge in [-0.05, 0) is 116 Å². The number of pyridine rings is 1. The number of benzene rings is 9. The Bertz CT molecular complexity index is 5130. The molecule has 0 saturated heterocycles. The monoisotopic (exact) mass is 1230 g/mol. The standard InChI is InChI=1S/C73H63N5O.Pt/c1-9-48(10-2)50-38-39-74-69(42-50)78-64-35-19-16-30-61(64)70-67(77-62-33-17-14-28-59(62)60-29-15-18-34-63(60)77)45-56(46-68(70)78)79-55-27-22-26-54(44-55)75-47-76(66-37-21-20-36-65(66)75)71-57(49-24-12-11-13-25-49)31-23-32-58(71)51-40-52(72(3,4)5)43-53(41-51)73(6,7)8;/h11-43,45,48H,9-10H2,1-8H3;/q-2;/i11D,12D,13D,14D,15D,17D,18D,24D,25D,28D,29D,33D,34D;. The van der Waals surface area contributed by atoms with Crippen molar-refractivity contribution in [1.82, 2.24) is 18.7 Å². The molecule has 0 bridgehead atoms. The molecule has 7 heteroatoms. The summed E-state index contributed by atoms with van der Waals surface area (Å²) in [5.74, 6) is 1.11. The van der Waals surface area contributed by atoms with E-state index in [0.29, 0.717) is 55.6 Å². The van der Waals surface area contributed by atoms with Crippen LogP contribution in [0.25, 0.3) is 99.8 Å². The van der Waals surface area contributed by atoms with Gasteiger partial charge in [0.15, 0.2) is 0 Å². The summed E-state index contributed by atoms with van der Waals surface area (Å²) in [5.41, 5.74) is 8.33. The molecule has 0 aliphatic heterocycles. The van der Waals surface area contributed by atoms with E-state index in [-0.39, 0.29) is 94.5 Å². The molecule has 0 saturated carbocycles. The van der Waals surface area contributed by atoms with Gasteiger partial charge in [0.1, 0.15) is 5.82 Å². The second-order valence-electron chi connectivity index (χ2n) is 22.1. The van der Waals surface area contributed by atoms with Crippen molar-refractivity contribution in [2.45, 2.75) is 85.0 Å². The van der Waals surface area contributed by atoms with Crippen LogP contribution in [-0.2, 0) is 31.9 Å². The summed E-state index contributed by atoms with van der Waals surface area (Å²) in [5, 5.41) is 1.07. The average molecular weight is 1230 g/mol. The second kappa shape index (κ2) is 20.7. The number of hydrogen-bond donors (Lipinski definition) is 0. The first-order valence-electron chi connectivity index (χ1n) is 33.2. The molecule has 0 aliphatic carbocycles. The van der Waals surface area contributed by atoms with Crippen molar-refractivity contribution < 1.29 is 48.2 Å². The Hall–Kier alpha value is -8.31. The van der Waals surface area contributed by atoms with Crippen LogP contribution >= 0.6 is 0 Å². The van der Waals surface area contributed by atoms with Gasteiger partial charge in [-0.3, -0.25) is 4.57 Å². The SMILES string of the molecule is [2H]c1c([2H])c([2H])c(-c2cccc(-c3cc(C(C)(C)C)cc(C(C)(C)C)c3)c2-[n+]2[c-]n(-c3[c-]c(Oc4[c-]c5c(c(-n6c7c([2H])c([2H])c([2H])c([2H])c7c7c([2H])c([2H])c([2H])c([2H])c76)c4)c4ccccc4n5-c4cc(C(CC)CC)ccn4)ccc3)c3ccccc32)c([2H])c1[2H].[Pt]. The fourth-order valence-electron chi connectivity index (χ4n) is 11.1. The zero-order chi connectivity index (χ0) is 65.5. The van der Waals surface area contributed by atoms with Crippen LogP contribution in [0.2, 0.25) is 0 Å². The maximum atomic E-state index is 9.54. The maximum Gasteiger partial charge on any atom is 0.268 e. The smallest absolute Gasteiger partial charge is 0.268 e. The molecule has 13 aromatic rings. The van der Waals surface area contributed by atoms with Crippen LogP contribution in [0.15, 0.2) is 206 Å². The van der Waals surface area contributed by atoms with Gasteiger partial charge in [0.25, 0.3) is 6.33 Å². The van der Waals surface area contributed by atoms with Crippen molar-refractivity contribution in [2.24, 2.45) is 0 Å². The molecule has 0 unspecified atom stereocenters. The predicted molar refractivity (Wildman–Crippen MR) is 326 cm³/mol. The van der Waals surface area contributed by atoms with E-state index in [1.807, 2.05) is 86.5 Å². The number of aromatic nitrogens is 5. The number of hydrogen-bond acceptors (Lipinski definition) is 2. The number of nitrogens with zero attached hydrogens (tertiary/aromatic N) is 5. The molecule has 0 fully saturated rings. The molecule has 80 heavy (non-hydrogen) atoms. The van der Waals surface area contributed by atoms with Crippen molar-refractivity contribution in [2.75, 3.05) is 0 Å². The molecule has 13 rings (SSSR count). The van der Waals surface area contributed by atoms with E-state index in [0.717, 1.165) is 40.7 Å². The zero-order valence-corrected chi connectivity index (χ0v) is 47.8. The number of imidazole rings is 1. The van der Waals surface area contributed by atoms with Gasteiger partial charge in [0.05, 0.1) is 45.6 Å². The summed E-state index contributed by atoms with van der Waals surface area (Å²) in [6, 6.07) is 39.5. The Morgan fingerprint density at radius 2 is 1.20 bits per heavy atom. The maximum absolute atomic E-state index is 9.54. The molecule has 0 amide bonds. The molecule has 0 atom stereocenters. The minimum Gasteiger partial charge on any atom is -0.510 e. The average Bonchev–Trinajstić information content (AvgIpc) is 1.54. The van der Waals surface area contributed by atoms with Gasteiger partial charge >= 0.3 is 0 Å². The summed E-state index contributed by atoms with van der Waals surface area (Å²) < 4.78 is 132. The number of ether oxygens (including phenoxy) is 1. The quantitative estimate of drug-likeness (QED) is 0.0956. The molecule has 398 valence electrons. The van der Waals surface area contributed by atoms with Gasteiger partial charge in [-0.25, -0.2) is 4.98 Å². The van der Waals surface area contributed by atoms with Crippen molar-refractivity contribution in [3.63, 3.8) is 0 Å². The van der Waals surface area contributed by atoms with E-state index in [1.54, 1.807) is 30.5 Å². The normalized spacial score (nSPS) is 14.4. The first-order chi connectivity index (χ1) is 43.7. The van der Waals surface area contributed by atoms with Gasteiger partial charge in [-0.15, -0.1) is 24.3 Å². The third-order valence-electron chi connectivity index (χ3n) is 15.2. The first-order valence-corrected chi connectivity index (χ1v) is 26.7. The van der Waals surface area contributed by atoms with Crippen LogP contribution < -0.4 is 9.30 Å². The number of rotatable bonds is 11. The van der Waals surface area contributed by atoms with Crippen LogP contribution in [0.1, 0.15) is 109 Å². The summed E-state index contributed by atoms with van der Waals surface area (Å²) in [6.45, 7) is 17.3. The second-order valence-corrected chi connectivity index (χ2v) is 22.1.